The van der Waals surface area contributed by atoms with Gasteiger partial charge in [0.05, 0.1) is 11.1 Å². The van der Waals surface area contributed by atoms with Crippen molar-refractivity contribution in [3.8, 4) is 0 Å². The largest absolute Gasteiger partial charge is 0.399 e. The van der Waals surface area contributed by atoms with Crippen LogP contribution < -0.4 is 5.73 Å². The van der Waals surface area contributed by atoms with Gasteiger partial charge in [-0.25, -0.2) is 0 Å². The monoisotopic (exact) mass is 282 g/mol. The summed E-state index contributed by atoms with van der Waals surface area (Å²) in [5, 5.41) is 0.766. The van der Waals surface area contributed by atoms with Gasteiger partial charge < -0.3 is 5.73 Å². The molecule has 0 bridgehead atoms. The zero-order valence-electron chi connectivity index (χ0n) is 8.57. The third-order valence-electron chi connectivity index (χ3n) is 2.51. The lowest BCUT2D eigenvalue weighted by molar-refractivity contribution is 0.0655. The van der Waals surface area contributed by atoms with E-state index in [4.69, 9.17) is 5.73 Å². The molecule has 2 amide bonds. The summed E-state index contributed by atoms with van der Waals surface area (Å²) in [5.41, 5.74) is 6.97. The Labute approximate surface area is 102 Å². The first-order valence-corrected chi connectivity index (χ1v) is 6.09. The van der Waals surface area contributed by atoms with E-state index < -0.39 is 0 Å². The Balaban J connectivity index is 2.33. The molecule has 1 aromatic rings. The highest BCUT2D eigenvalue weighted by Gasteiger charge is 2.34. The quantitative estimate of drug-likeness (QED) is 0.521. The number of alkyl halides is 1. The van der Waals surface area contributed by atoms with Crippen LogP contribution in [0.2, 0.25) is 0 Å². The molecule has 0 saturated carbocycles. The lowest BCUT2D eigenvalue weighted by atomic mass is 10.1. The first kappa shape index (κ1) is 11.1. The summed E-state index contributed by atoms with van der Waals surface area (Å²) in [6.45, 7) is 0.442. The molecule has 1 aliphatic heterocycles. The summed E-state index contributed by atoms with van der Waals surface area (Å²) >= 11 is 3.27. The predicted molar refractivity (Wildman–Crippen MR) is 64.6 cm³/mol. The standard InChI is InChI=1S/C11H11BrN2O2/c12-4-1-5-14-10(15)8-3-2-7(13)6-9(8)11(14)16/h2-3,6H,1,4-5,13H2. The van der Waals surface area contributed by atoms with Gasteiger partial charge in [-0.2, -0.15) is 0 Å². The van der Waals surface area contributed by atoms with Crippen molar-refractivity contribution in [2.45, 2.75) is 6.42 Å². The van der Waals surface area contributed by atoms with Gasteiger partial charge in [0, 0.05) is 17.6 Å². The molecule has 4 nitrogen and oxygen atoms in total. The van der Waals surface area contributed by atoms with Gasteiger partial charge in [0.1, 0.15) is 0 Å². The second-order valence-corrected chi connectivity index (χ2v) is 4.40. The molecule has 16 heavy (non-hydrogen) atoms. The molecule has 2 N–H and O–H groups in total. The minimum absolute atomic E-state index is 0.221. The molecule has 0 fully saturated rings. The van der Waals surface area contributed by atoms with Crippen LogP contribution in [0.25, 0.3) is 0 Å². The van der Waals surface area contributed by atoms with Crippen LogP contribution in [0.4, 0.5) is 5.69 Å². The van der Waals surface area contributed by atoms with Crippen LogP contribution in [0.5, 0.6) is 0 Å². The van der Waals surface area contributed by atoms with Crippen molar-refractivity contribution in [2.24, 2.45) is 0 Å². The number of anilines is 1. The molecule has 1 aliphatic rings. The molecule has 0 radical (unpaired) electrons. The van der Waals surface area contributed by atoms with Crippen LogP contribution >= 0.6 is 15.9 Å². The van der Waals surface area contributed by atoms with Gasteiger partial charge in [-0.1, -0.05) is 15.9 Å². The van der Waals surface area contributed by atoms with Crippen LogP contribution in [0.3, 0.4) is 0 Å². The first-order chi connectivity index (χ1) is 7.65. The van der Waals surface area contributed by atoms with E-state index >= 15 is 0 Å². The number of halogens is 1. The van der Waals surface area contributed by atoms with Crippen molar-refractivity contribution >= 4 is 33.4 Å². The van der Waals surface area contributed by atoms with Gasteiger partial charge in [-0.3, -0.25) is 14.5 Å². The summed E-state index contributed by atoms with van der Waals surface area (Å²) in [6, 6.07) is 4.81. The summed E-state index contributed by atoms with van der Waals surface area (Å²) in [4.78, 5) is 25.0. The van der Waals surface area contributed by atoms with Crippen LogP contribution in [-0.2, 0) is 0 Å². The number of nitrogens with two attached hydrogens (primary N) is 1. The van der Waals surface area contributed by atoms with Crippen molar-refractivity contribution in [1.82, 2.24) is 4.90 Å². The second-order valence-electron chi connectivity index (χ2n) is 3.61. The molecule has 0 aliphatic carbocycles. The minimum Gasteiger partial charge on any atom is -0.399 e. The third-order valence-corrected chi connectivity index (χ3v) is 3.07. The van der Waals surface area contributed by atoms with Gasteiger partial charge in [0.15, 0.2) is 0 Å². The number of benzene rings is 1. The molecule has 0 aromatic heterocycles. The average Bonchev–Trinajstić information content (AvgIpc) is 2.50. The van der Waals surface area contributed by atoms with Crippen LogP contribution in [0.15, 0.2) is 18.2 Å². The molecule has 0 unspecified atom stereocenters. The number of carbonyl (C=O) groups excluding carboxylic acids is 2. The lowest BCUT2D eigenvalue weighted by Gasteiger charge is -2.11. The molecule has 1 heterocycles. The van der Waals surface area contributed by atoms with Gasteiger partial charge in [0.2, 0.25) is 0 Å². The molecule has 1 aromatic carbocycles. The van der Waals surface area contributed by atoms with Crippen LogP contribution in [0.1, 0.15) is 27.1 Å². The zero-order chi connectivity index (χ0) is 11.7. The molecular weight excluding hydrogens is 272 g/mol. The van der Waals surface area contributed by atoms with Gasteiger partial charge in [0.25, 0.3) is 11.8 Å². The first-order valence-electron chi connectivity index (χ1n) is 4.97. The van der Waals surface area contributed by atoms with E-state index in [1.165, 1.54) is 4.90 Å². The zero-order valence-corrected chi connectivity index (χ0v) is 10.2. The number of hydrogen-bond acceptors (Lipinski definition) is 3. The molecule has 0 atom stereocenters. The Kier molecular flexibility index (Phi) is 2.96. The van der Waals surface area contributed by atoms with Crippen molar-refractivity contribution in [2.75, 3.05) is 17.6 Å². The lowest BCUT2D eigenvalue weighted by Crippen LogP contribution is -2.30. The van der Waals surface area contributed by atoms with Gasteiger partial charge >= 0.3 is 0 Å². The molecule has 5 heteroatoms. The summed E-state index contributed by atoms with van der Waals surface area (Å²) in [6.07, 6.45) is 0.751. The van der Waals surface area contributed by atoms with E-state index in [0.29, 0.717) is 23.4 Å². The Morgan fingerprint density at radius 3 is 2.56 bits per heavy atom. The fourth-order valence-electron chi connectivity index (χ4n) is 1.73. The number of fused-ring (bicyclic) bond motifs is 1. The van der Waals surface area contributed by atoms with E-state index in [1.807, 2.05) is 0 Å². The highest BCUT2D eigenvalue weighted by molar-refractivity contribution is 9.09. The summed E-state index contributed by atoms with van der Waals surface area (Å²) in [7, 11) is 0. The minimum atomic E-state index is -0.242. The predicted octanol–water partition coefficient (Wildman–Crippen LogP) is 1.65. The topological polar surface area (TPSA) is 63.4 Å². The smallest absolute Gasteiger partial charge is 0.261 e. The number of carbonyl (C=O) groups is 2. The maximum Gasteiger partial charge on any atom is 0.261 e. The fourth-order valence-corrected chi connectivity index (χ4v) is 1.98. The number of nitrogens with zero attached hydrogens (tertiary/aromatic N) is 1. The van der Waals surface area contributed by atoms with Crippen molar-refractivity contribution in [3.05, 3.63) is 29.3 Å². The molecule has 0 saturated heterocycles. The number of hydrogen-bond donors (Lipinski definition) is 1. The Bertz CT molecular complexity index is 459. The Hall–Kier alpha value is -1.36. The highest BCUT2D eigenvalue weighted by Crippen LogP contribution is 2.24. The van der Waals surface area contributed by atoms with Crippen LogP contribution in [0, 0.1) is 0 Å². The van der Waals surface area contributed by atoms with E-state index in [2.05, 4.69) is 15.9 Å². The van der Waals surface area contributed by atoms with Gasteiger partial charge in [-0.05, 0) is 24.6 Å². The van der Waals surface area contributed by atoms with E-state index in [9.17, 15) is 9.59 Å². The summed E-state index contributed by atoms with van der Waals surface area (Å²) < 4.78 is 0. The molecule has 0 spiro atoms. The summed E-state index contributed by atoms with van der Waals surface area (Å²) in [5.74, 6) is -0.464. The number of rotatable bonds is 3. The molecular formula is C11H11BrN2O2. The fraction of sp³-hybridized carbons (Fsp3) is 0.273. The Morgan fingerprint density at radius 2 is 1.88 bits per heavy atom. The number of nitrogen functional groups attached to an aromatic ring is 1. The molecule has 2 rings (SSSR count). The highest BCUT2D eigenvalue weighted by atomic mass is 79.9. The average molecular weight is 283 g/mol. The Morgan fingerprint density at radius 1 is 1.19 bits per heavy atom. The second kappa shape index (κ2) is 4.25. The third kappa shape index (κ3) is 1.71. The van der Waals surface area contributed by atoms with Gasteiger partial charge in [-0.15, -0.1) is 0 Å². The van der Waals surface area contributed by atoms with Crippen molar-refractivity contribution in [3.63, 3.8) is 0 Å². The number of amides is 2. The molecule has 84 valence electrons. The maximum atomic E-state index is 11.9. The van der Waals surface area contributed by atoms with Crippen LogP contribution in [-0.4, -0.2) is 28.6 Å². The van der Waals surface area contributed by atoms with Crippen molar-refractivity contribution < 1.29 is 9.59 Å². The number of imide groups is 1. The van der Waals surface area contributed by atoms with E-state index in [-0.39, 0.29) is 11.8 Å². The van der Waals surface area contributed by atoms with E-state index in [0.717, 1.165) is 11.8 Å². The van der Waals surface area contributed by atoms with Crippen molar-refractivity contribution in [1.29, 1.82) is 0 Å². The maximum absolute atomic E-state index is 11.9. The SMILES string of the molecule is Nc1ccc2c(c1)C(=O)N(CCCBr)C2=O. The van der Waals surface area contributed by atoms with E-state index in [1.54, 1.807) is 18.2 Å². The normalized spacial score (nSPS) is 14.4.